The number of benzene rings is 3. The van der Waals surface area contributed by atoms with Crippen LogP contribution < -0.4 is 19.5 Å². The molecule has 1 N–H and O–H groups in total. The summed E-state index contributed by atoms with van der Waals surface area (Å²) in [6.07, 6.45) is 3.06. The number of piperidine rings is 1. The van der Waals surface area contributed by atoms with E-state index in [0.717, 1.165) is 63.0 Å². The number of carbonyl (C=O) groups is 2. The van der Waals surface area contributed by atoms with Crippen molar-refractivity contribution >= 4 is 35.0 Å². The van der Waals surface area contributed by atoms with Gasteiger partial charge in [0.25, 0.3) is 5.91 Å². The molecular weight excluding hydrogens is 663 g/mol. The maximum absolute atomic E-state index is 14.0. The van der Waals surface area contributed by atoms with E-state index in [9.17, 15) is 9.59 Å². The molecular formula is C38H48Cl2N4O5. The van der Waals surface area contributed by atoms with Crippen LogP contribution in [0.15, 0.2) is 60.7 Å². The van der Waals surface area contributed by atoms with Crippen LogP contribution in [0.5, 0.6) is 17.2 Å². The number of likely N-dealkylation sites (tertiary alicyclic amines) is 2. The number of likely N-dealkylation sites (N-methyl/N-ethyl adjacent to an activating group) is 1. The van der Waals surface area contributed by atoms with Crippen molar-refractivity contribution in [1.82, 2.24) is 20.0 Å². The number of amides is 2. The van der Waals surface area contributed by atoms with Crippen LogP contribution in [0.2, 0.25) is 10.0 Å². The highest BCUT2D eigenvalue weighted by Gasteiger charge is 2.45. The van der Waals surface area contributed by atoms with Crippen LogP contribution in [0.25, 0.3) is 0 Å². The number of hydrogen-bond donors (Lipinski definition) is 1. The first-order chi connectivity index (χ1) is 23.6. The van der Waals surface area contributed by atoms with Gasteiger partial charge in [-0.3, -0.25) is 9.59 Å². The topological polar surface area (TPSA) is 83.6 Å². The molecule has 2 heterocycles. The van der Waals surface area contributed by atoms with E-state index in [0.29, 0.717) is 52.5 Å². The molecule has 2 amide bonds. The van der Waals surface area contributed by atoms with Crippen molar-refractivity contribution in [2.75, 3.05) is 81.2 Å². The Morgan fingerprint density at radius 3 is 2.10 bits per heavy atom. The standard InChI is InChI=1S/C38H48Cl2N4O5/c1-42(2)22-17-41-36(46)38(28-9-7-6-8-10-28)15-19-43(20-16-38)18-13-37(29-11-12-30(39)31(40)25-29)14-21-44(26-37)35(45)27-23-32(47-3)34(49-5)33(24-27)48-4/h6-12,23-25H,13-22,26H2,1-5H3,(H,41,46). The molecule has 0 aromatic heterocycles. The number of methoxy groups -OCH3 is 3. The monoisotopic (exact) mass is 710 g/mol. The third-order valence-corrected chi connectivity index (χ3v) is 11.0. The Balaban J connectivity index is 1.34. The van der Waals surface area contributed by atoms with Gasteiger partial charge < -0.3 is 34.2 Å². The van der Waals surface area contributed by atoms with Gasteiger partial charge in [0, 0.05) is 37.2 Å². The Kier molecular flexibility index (Phi) is 12.0. The molecule has 9 nitrogen and oxygen atoms in total. The van der Waals surface area contributed by atoms with E-state index in [1.165, 1.54) is 0 Å². The second kappa shape index (κ2) is 16.0. The van der Waals surface area contributed by atoms with E-state index in [1.807, 2.05) is 55.4 Å². The summed E-state index contributed by atoms with van der Waals surface area (Å²) >= 11 is 12.9. The lowest BCUT2D eigenvalue weighted by atomic mass is 9.71. The fraction of sp³-hybridized carbons (Fsp3) is 0.474. The van der Waals surface area contributed by atoms with E-state index in [1.54, 1.807) is 33.5 Å². The van der Waals surface area contributed by atoms with Gasteiger partial charge in [-0.25, -0.2) is 0 Å². The Bertz CT molecular complexity index is 1590. The maximum Gasteiger partial charge on any atom is 0.254 e. The summed E-state index contributed by atoms with van der Waals surface area (Å²) in [4.78, 5) is 34.2. The van der Waals surface area contributed by atoms with Gasteiger partial charge in [-0.1, -0.05) is 59.6 Å². The second-order valence-corrected chi connectivity index (χ2v) is 14.2. The number of nitrogens with zero attached hydrogens (tertiary/aromatic N) is 3. The molecule has 0 saturated carbocycles. The van der Waals surface area contributed by atoms with E-state index in [4.69, 9.17) is 37.4 Å². The Hall–Kier alpha value is -3.50. The molecule has 3 aromatic rings. The summed E-state index contributed by atoms with van der Waals surface area (Å²) in [5.74, 6) is 1.31. The number of ether oxygens (including phenoxy) is 3. The van der Waals surface area contributed by atoms with Crippen LogP contribution in [0.4, 0.5) is 0 Å². The van der Waals surface area contributed by atoms with Crippen LogP contribution in [-0.2, 0) is 15.6 Å². The maximum atomic E-state index is 14.0. The number of hydrogen-bond acceptors (Lipinski definition) is 7. The zero-order valence-corrected chi connectivity index (χ0v) is 30.7. The lowest BCUT2D eigenvalue weighted by Crippen LogP contribution is -2.53. The number of nitrogens with one attached hydrogen (secondary N) is 1. The molecule has 1 atom stereocenters. The largest absolute Gasteiger partial charge is 0.493 e. The van der Waals surface area contributed by atoms with E-state index >= 15 is 0 Å². The lowest BCUT2D eigenvalue weighted by molar-refractivity contribution is -0.128. The Morgan fingerprint density at radius 1 is 0.837 bits per heavy atom. The molecule has 11 heteroatoms. The number of rotatable bonds is 13. The van der Waals surface area contributed by atoms with Crippen molar-refractivity contribution in [3.63, 3.8) is 0 Å². The van der Waals surface area contributed by atoms with Crippen molar-refractivity contribution in [2.45, 2.75) is 36.5 Å². The van der Waals surface area contributed by atoms with Crippen molar-refractivity contribution in [1.29, 1.82) is 0 Å². The van der Waals surface area contributed by atoms with E-state index < -0.39 is 5.41 Å². The highest BCUT2D eigenvalue weighted by molar-refractivity contribution is 6.42. The normalized spacial score (nSPS) is 19.1. The van der Waals surface area contributed by atoms with Gasteiger partial charge >= 0.3 is 0 Å². The SMILES string of the molecule is COc1cc(C(=O)N2CCC(CCN3CCC(C(=O)NCCN(C)C)(c4ccccc4)CC3)(c3ccc(Cl)c(Cl)c3)C2)cc(OC)c1OC. The fourth-order valence-corrected chi connectivity index (χ4v) is 7.64. The first-order valence-corrected chi connectivity index (χ1v) is 17.6. The second-order valence-electron chi connectivity index (χ2n) is 13.4. The fourth-order valence-electron chi connectivity index (χ4n) is 7.34. The molecule has 0 aliphatic carbocycles. The summed E-state index contributed by atoms with van der Waals surface area (Å²) < 4.78 is 16.5. The predicted octanol–water partition coefficient (Wildman–Crippen LogP) is 5.90. The lowest BCUT2D eigenvalue weighted by Gasteiger charge is -2.42. The van der Waals surface area contributed by atoms with Gasteiger partial charge in [0.2, 0.25) is 11.7 Å². The van der Waals surface area contributed by atoms with Crippen LogP contribution in [0.3, 0.4) is 0 Å². The van der Waals surface area contributed by atoms with Crippen molar-refractivity contribution in [3.05, 3.63) is 87.4 Å². The van der Waals surface area contributed by atoms with Crippen LogP contribution in [-0.4, -0.2) is 108 Å². The molecule has 49 heavy (non-hydrogen) atoms. The third kappa shape index (κ3) is 7.96. The van der Waals surface area contributed by atoms with Gasteiger partial charge in [-0.15, -0.1) is 0 Å². The number of carbonyl (C=O) groups excluding carboxylic acids is 2. The predicted molar refractivity (Wildman–Crippen MR) is 195 cm³/mol. The minimum absolute atomic E-state index is 0.101. The van der Waals surface area contributed by atoms with E-state index in [-0.39, 0.29) is 17.2 Å². The third-order valence-electron chi connectivity index (χ3n) is 10.3. The Labute approximate surface area is 300 Å². The van der Waals surface area contributed by atoms with Gasteiger partial charge in [0.05, 0.1) is 36.8 Å². The average Bonchev–Trinajstić information content (AvgIpc) is 3.56. The summed E-state index contributed by atoms with van der Waals surface area (Å²) in [5, 5.41) is 4.22. The van der Waals surface area contributed by atoms with Gasteiger partial charge in [-0.05, 0) is 94.8 Å². The molecule has 2 saturated heterocycles. The molecule has 1 unspecified atom stereocenters. The molecule has 0 radical (unpaired) electrons. The summed E-state index contributed by atoms with van der Waals surface area (Å²) in [6, 6.07) is 19.4. The van der Waals surface area contributed by atoms with Crippen molar-refractivity contribution in [3.8, 4) is 17.2 Å². The minimum Gasteiger partial charge on any atom is -0.493 e. The smallest absolute Gasteiger partial charge is 0.254 e. The molecule has 5 rings (SSSR count). The van der Waals surface area contributed by atoms with Crippen LogP contribution in [0, 0.1) is 0 Å². The molecule has 2 aliphatic heterocycles. The minimum atomic E-state index is -0.567. The molecule has 264 valence electrons. The highest BCUT2D eigenvalue weighted by atomic mass is 35.5. The van der Waals surface area contributed by atoms with Crippen molar-refractivity contribution < 1.29 is 23.8 Å². The number of halogens is 2. The molecule has 3 aromatic carbocycles. The average molecular weight is 712 g/mol. The molecule has 2 aliphatic rings. The summed E-state index contributed by atoms with van der Waals surface area (Å²) in [7, 11) is 8.64. The molecule has 0 bridgehead atoms. The first kappa shape index (κ1) is 36.8. The summed E-state index contributed by atoms with van der Waals surface area (Å²) in [6.45, 7) is 4.92. The van der Waals surface area contributed by atoms with Crippen LogP contribution in [0.1, 0.15) is 47.2 Å². The zero-order valence-electron chi connectivity index (χ0n) is 29.2. The van der Waals surface area contributed by atoms with Crippen LogP contribution >= 0.6 is 23.2 Å². The molecule has 0 spiro atoms. The van der Waals surface area contributed by atoms with Gasteiger partial charge in [-0.2, -0.15) is 0 Å². The zero-order chi connectivity index (χ0) is 35.2. The van der Waals surface area contributed by atoms with E-state index in [2.05, 4.69) is 27.2 Å². The molecule has 2 fully saturated rings. The van der Waals surface area contributed by atoms with Gasteiger partial charge in [0.15, 0.2) is 11.5 Å². The highest BCUT2D eigenvalue weighted by Crippen LogP contribution is 2.43. The van der Waals surface area contributed by atoms with Gasteiger partial charge in [0.1, 0.15) is 0 Å². The van der Waals surface area contributed by atoms with Crippen molar-refractivity contribution in [2.24, 2.45) is 0 Å². The summed E-state index contributed by atoms with van der Waals surface area (Å²) in [5.41, 5.74) is 1.71. The Morgan fingerprint density at radius 2 is 1.51 bits per heavy atom. The quantitative estimate of drug-likeness (QED) is 0.236. The first-order valence-electron chi connectivity index (χ1n) is 16.8.